The zero-order valence-electron chi connectivity index (χ0n) is 11.4. The van der Waals surface area contributed by atoms with Crippen LogP contribution in [-0.2, 0) is 4.79 Å². The Balaban J connectivity index is 1.78. The summed E-state index contributed by atoms with van der Waals surface area (Å²) in [5.74, 6) is 0.214. The number of benzene rings is 1. The van der Waals surface area contributed by atoms with Crippen LogP contribution in [0.1, 0.15) is 13.3 Å². The summed E-state index contributed by atoms with van der Waals surface area (Å²) in [7, 11) is 0. The Labute approximate surface area is 136 Å². The van der Waals surface area contributed by atoms with Crippen molar-refractivity contribution in [1.82, 2.24) is 10.2 Å². The topological polar surface area (TPSA) is 66.9 Å². The first kappa shape index (κ1) is 16.1. The first-order valence-corrected chi connectivity index (χ1v) is 8.61. The standard InChI is InChI=1S/C13H15ClN4OS2/c1-2-7-15-12-17-18-13(21-12)20-8-11(19)16-10-5-3-9(14)4-6-10/h3-6H,2,7-8H2,1H3,(H,15,17)(H,16,19). The van der Waals surface area contributed by atoms with Crippen LogP contribution in [-0.4, -0.2) is 28.4 Å². The monoisotopic (exact) mass is 342 g/mol. The van der Waals surface area contributed by atoms with Gasteiger partial charge in [0.05, 0.1) is 5.75 Å². The fourth-order valence-electron chi connectivity index (χ4n) is 1.43. The van der Waals surface area contributed by atoms with Crippen molar-refractivity contribution in [1.29, 1.82) is 0 Å². The molecule has 0 aliphatic carbocycles. The molecule has 2 N–H and O–H groups in total. The van der Waals surface area contributed by atoms with Crippen LogP contribution in [0.3, 0.4) is 0 Å². The summed E-state index contributed by atoms with van der Waals surface area (Å²) >= 11 is 8.62. The molecule has 21 heavy (non-hydrogen) atoms. The van der Waals surface area contributed by atoms with Gasteiger partial charge < -0.3 is 10.6 Å². The number of anilines is 2. The van der Waals surface area contributed by atoms with Gasteiger partial charge >= 0.3 is 0 Å². The molecular formula is C13H15ClN4OS2. The van der Waals surface area contributed by atoms with Crippen LogP contribution >= 0.6 is 34.7 Å². The van der Waals surface area contributed by atoms with Crippen LogP contribution in [0.4, 0.5) is 10.8 Å². The molecule has 2 aromatic rings. The van der Waals surface area contributed by atoms with Crippen molar-refractivity contribution in [3.8, 4) is 0 Å². The number of halogens is 1. The molecule has 0 saturated heterocycles. The predicted molar refractivity (Wildman–Crippen MR) is 89.5 cm³/mol. The minimum absolute atomic E-state index is 0.0828. The van der Waals surface area contributed by atoms with Gasteiger partial charge in [-0.25, -0.2) is 0 Å². The second-order valence-electron chi connectivity index (χ2n) is 4.14. The number of nitrogens with zero attached hydrogens (tertiary/aromatic N) is 2. The van der Waals surface area contributed by atoms with Gasteiger partial charge in [-0.3, -0.25) is 4.79 Å². The average molecular weight is 343 g/mol. The average Bonchev–Trinajstić information content (AvgIpc) is 2.93. The van der Waals surface area contributed by atoms with Crippen molar-refractivity contribution in [3.05, 3.63) is 29.3 Å². The Bertz CT molecular complexity index is 588. The van der Waals surface area contributed by atoms with Crippen molar-refractivity contribution >= 4 is 51.4 Å². The first-order chi connectivity index (χ1) is 10.2. The molecule has 5 nitrogen and oxygen atoms in total. The second-order valence-corrected chi connectivity index (χ2v) is 6.78. The molecule has 1 aromatic carbocycles. The Morgan fingerprint density at radius 3 is 2.81 bits per heavy atom. The molecule has 0 bridgehead atoms. The third-order valence-corrected chi connectivity index (χ3v) is 4.65. The third-order valence-electron chi connectivity index (χ3n) is 2.39. The lowest BCUT2D eigenvalue weighted by atomic mass is 10.3. The van der Waals surface area contributed by atoms with Crippen LogP contribution in [0.25, 0.3) is 0 Å². The number of hydrogen-bond donors (Lipinski definition) is 2. The van der Waals surface area contributed by atoms with E-state index in [4.69, 9.17) is 11.6 Å². The van der Waals surface area contributed by atoms with E-state index >= 15 is 0 Å². The van der Waals surface area contributed by atoms with Crippen LogP contribution < -0.4 is 10.6 Å². The van der Waals surface area contributed by atoms with Gasteiger partial charge in [0.2, 0.25) is 11.0 Å². The summed E-state index contributed by atoms with van der Waals surface area (Å²) in [5.41, 5.74) is 0.729. The largest absolute Gasteiger partial charge is 0.360 e. The SMILES string of the molecule is CCCNc1nnc(SCC(=O)Nc2ccc(Cl)cc2)s1. The molecule has 2 rings (SSSR count). The highest BCUT2D eigenvalue weighted by molar-refractivity contribution is 8.01. The van der Waals surface area contributed by atoms with Gasteiger partial charge in [-0.1, -0.05) is 41.6 Å². The second kappa shape index (κ2) is 8.21. The molecule has 0 aliphatic rings. The number of carbonyl (C=O) groups excluding carboxylic acids is 1. The summed E-state index contributed by atoms with van der Waals surface area (Å²) in [5, 5.41) is 15.4. The van der Waals surface area contributed by atoms with E-state index in [0.717, 1.165) is 28.1 Å². The molecule has 0 atom stereocenters. The maximum absolute atomic E-state index is 11.8. The number of hydrogen-bond acceptors (Lipinski definition) is 6. The van der Waals surface area contributed by atoms with Gasteiger partial charge in [0.15, 0.2) is 4.34 Å². The molecule has 1 amide bonds. The van der Waals surface area contributed by atoms with Crippen LogP contribution in [0, 0.1) is 0 Å². The van der Waals surface area contributed by atoms with E-state index in [2.05, 4.69) is 27.8 Å². The molecule has 0 fully saturated rings. The summed E-state index contributed by atoms with van der Waals surface area (Å²) < 4.78 is 0.778. The van der Waals surface area contributed by atoms with Crippen LogP contribution in [0.2, 0.25) is 5.02 Å². The van der Waals surface area contributed by atoms with E-state index in [1.807, 2.05) is 0 Å². The Morgan fingerprint density at radius 2 is 2.10 bits per heavy atom. The number of carbonyl (C=O) groups is 1. The molecule has 0 spiro atoms. The number of aromatic nitrogens is 2. The molecule has 8 heteroatoms. The Hall–Kier alpha value is -1.31. The zero-order valence-corrected chi connectivity index (χ0v) is 13.8. The van der Waals surface area contributed by atoms with E-state index < -0.39 is 0 Å². The molecule has 0 unspecified atom stereocenters. The van der Waals surface area contributed by atoms with E-state index in [-0.39, 0.29) is 5.91 Å². The van der Waals surface area contributed by atoms with Gasteiger partial charge in [0.25, 0.3) is 0 Å². The van der Waals surface area contributed by atoms with Gasteiger partial charge in [-0.15, -0.1) is 10.2 Å². The summed E-state index contributed by atoms with van der Waals surface area (Å²) in [6.07, 6.45) is 1.03. The number of nitrogens with one attached hydrogen (secondary N) is 2. The quantitative estimate of drug-likeness (QED) is 0.750. The number of thioether (sulfide) groups is 1. The minimum atomic E-state index is -0.0828. The van der Waals surface area contributed by atoms with Gasteiger partial charge in [0.1, 0.15) is 0 Å². The zero-order chi connectivity index (χ0) is 15.1. The summed E-state index contributed by atoms with van der Waals surface area (Å²) in [6.45, 7) is 2.96. The third kappa shape index (κ3) is 5.53. The lowest BCUT2D eigenvalue weighted by Gasteiger charge is -2.03. The number of rotatable bonds is 7. The van der Waals surface area contributed by atoms with Gasteiger partial charge in [-0.05, 0) is 30.7 Å². The summed E-state index contributed by atoms with van der Waals surface area (Å²) in [6, 6.07) is 7.01. The maximum Gasteiger partial charge on any atom is 0.234 e. The highest BCUT2D eigenvalue weighted by atomic mass is 35.5. The fourth-order valence-corrected chi connectivity index (χ4v) is 3.13. The molecule has 0 aliphatic heterocycles. The van der Waals surface area contributed by atoms with Crippen molar-refractivity contribution in [2.24, 2.45) is 0 Å². The molecule has 112 valence electrons. The molecule has 0 radical (unpaired) electrons. The molecule has 1 heterocycles. The lowest BCUT2D eigenvalue weighted by Crippen LogP contribution is -2.13. The molecule has 0 saturated carbocycles. The Morgan fingerprint density at radius 1 is 1.33 bits per heavy atom. The van der Waals surface area contributed by atoms with E-state index in [0.29, 0.717) is 10.8 Å². The van der Waals surface area contributed by atoms with E-state index in [1.54, 1.807) is 24.3 Å². The smallest absolute Gasteiger partial charge is 0.234 e. The van der Waals surface area contributed by atoms with Crippen molar-refractivity contribution in [2.45, 2.75) is 17.7 Å². The first-order valence-electron chi connectivity index (χ1n) is 6.43. The van der Waals surface area contributed by atoms with Crippen LogP contribution in [0.5, 0.6) is 0 Å². The maximum atomic E-state index is 11.8. The van der Waals surface area contributed by atoms with Crippen molar-refractivity contribution < 1.29 is 4.79 Å². The normalized spacial score (nSPS) is 10.4. The molecule has 1 aromatic heterocycles. The highest BCUT2D eigenvalue weighted by Gasteiger charge is 2.08. The number of amides is 1. The summed E-state index contributed by atoms with van der Waals surface area (Å²) in [4.78, 5) is 11.8. The van der Waals surface area contributed by atoms with E-state index in [9.17, 15) is 4.79 Å². The highest BCUT2D eigenvalue weighted by Crippen LogP contribution is 2.25. The van der Waals surface area contributed by atoms with E-state index in [1.165, 1.54) is 23.1 Å². The molecular weight excluding hydrogens is 328 g/mol. The van der Waals surface area contributed by atoms with Crippen molar-refractivity contribution in [2.75, 3.05) is 22.9 Å². The van der Waals surface area contributed by atoms with Gasteiger partial charge in [0, 0.05) is 17.3 Å². The predicted octanol–water partition coefficient (Wildman–Crippen LogP) is 3.74. The minimum Gasteiger partial charge on any atom is -0.360 e. The van der Waals surface area contributed by atoms with Crippen molar-refractivity contribution in [3.63, 3.8) is 0 Å². The van der Waals surface area contributed by atoms with Crippen LogP contribution in [0.15, 0.2) is 28.6 Å². The van der Waals surface area contributed by atoms with Gasteiger partial charge in [-0.2, -0.15) is 0 Å². The Kier molecular flexibility index (Phi) is 6.28. The fraction of sp³-hybridized carbons (Fsp3) is 0.308. The lowest BCUT2D eigenvalue weighted by molar-refractivity contribution is -0.113.